The molecule has 3 heterocycles. The van der Waals surface area contributed by atoms with Gasteiger partial charge in [-0.05, 0) is 24.6 Å². The maximum absolute atomic E-state index is 12.3. The number of likely N-dealkylation sites (N-methyl/N-ethyl adjacent to an activating group) is 1. The Morgan fingerprint density at radius 1 is 1.33 bits per heavy atom. The van der Waals surface area contributed by atoms with Crippen LogP contribution in [0.25, 0.3) is 0 Å². The first-order valence-electron chi connectivity index (χ1n) is 10.0. The number of carbonyl (C=O) groups excluding carboxylic acids is 1. The van der Waals surface area contributed by atoms with Crippen molar-refractivity contribution >= 4 is 46.0 Å². The Morgan fingerprint density at radius 3 is 2.83 bits per heavy atom. The molecule has 1 aromatic heterocycles. The minimum Gasteiger partial charge on any atom is -0.392 e. The third-order valence-corrected chi connectivity index (χ3v) is 6.65. The van der Waals surface area contributed by atoms with E-state index in [2.05, 4.69) is 45.2 Å². The number of rotatable bonds is 7. The van der Waals surface area contributed by atoms with E-state index in [4.69, 9.17) is 16.4 Å². The van der Waals surface area contributed by atoms with Gasteiger partial charge in [-0.3, -0.25) is 9.79 Å². The molecule has 0 aliphatic carbocycles. The third-order valence-electron chi connectivity index (χ3n) is 5.38. The number of amidine groups is 1. The van der Waals surface area contributed by atoms with Crippen LogP contribution in [0.5, 0.6) is 0 Å². The first-order chi connectivity index (χ1) is 14.4. The van der Waals surface area contributed by atoms with Crippen LogP contribution >= 0.6 is 22.9 Å². The highest BCUT2D eigenvalue weighted by molar-refractivity contribution is 7.18. The van der Waals surface area contributed by atoms with Gasteiger partial charge in [-0.1, -0.05) is 28.9 Å². The molecule has 158 valence electrons. The number of thiophene rings is 1. The van der Waals surface area contributed by atoms with Crippen LogP contribution in [0.3, 0.4) is 0 Å². The number of carbonyl (C=O) groups is 1. The Hall–Kier alpha value is -2.38. The Kier molecular flexibility index (Phi) is 6.11. The first-order valence-corrected chi connectivity index (χ1v) is 11.2. The maximum Gasteiger partial charge on any atom is 0.172 e. The van der Waals surface area contributed by atoms with Gasteiger partial charge in [0.05, 0.1) is 21.5 Å². The summed E-state index contributed by atoms with van der Waals surface area (Å²) < 4.78 is 0.635. The topological polar surface area (TPSA) is 57.5 Å². The monoisotopic (exact) mass is 444 g/mol. The number of ketones is 1. The molecule has 1 atom stereocenters. The lowest BCUT2D eigenvalue weighted by Crippen LogP contribution is -2.24. The van der Waals surface area contributed by atoms with Gasteiger partial charge in [0.25, 0.3) is 0 Å². The van der Waals surface area contributed by atoms with Gasteiger partial charge in [0, 0.05) is 57.3 Å². The Bertz CT molecular complexity index is 1010. The molecule has 0 bridgehead atoms. The van der Waals surface area contributed by atoms with E-state index in [0.29, 0.717) is 28.5 Å². The van der Waals surface area contributed by atoms with Gasteiger partial charge < -0.3 is 14.6 Å². The summed E-state index contributed by atoms with van der Waals surface area (Å²) in [5.74, 6) is 1.13. The van der Waals surface area contributed by atoms with E-state index in [1.165, 1.54) is 11.3 Å². The number of halogens is 1. The van der Waals surface area contributed by atoms with Crippen molar-refractivity contribution in [1.82, 2.24) is 4.90 Å². The smallest absolute Gasteiger partial charge is 0.172 e. The predicted octanol–water partition coefficient (Wildman–Crippen LogP) is 4.32. The van der Waals surface area contributed by atoms with Gasteiger partial charge >= 0.3 is 0 Å². The fourth-order valence-electron chi connectivity index (χ4n) is 3.75. The van der Waals surface area contributed by atoms with Crippen LogP contribution in [-0.4, -0.2) is 62.6 Å². The highest BCUT2D eigenvalue weighted by Gasteiger charge is 2.26. The Balaban J connectivity index is 1.43. The molecule has 8 heteroatoms. The van der Waals surface area contributed by atoms with Crippen molar-refractivity contribution in [3.8, 4) is 0 Å². The van der Waals surface area contributed by atoms with Gasteiger partial charge in [0.15, 0.2) is 5.78 Å². The third kappa shape index (κ3) is 4.37. The fourth-order valence-corrected chi connectivity index (χ4v) is 4.76. The molecule has 0 amide bonds. The number of Topliss-reactive ketones (excluding diaryl/α,β-unsaturated/α-hetero) is 1. The standard InChI is InChI=1S/C22H25ClN4O2S/c1-26(2)18-12-14(22-24-10-11-27(22)3)4-6-16(18)17-13-15(29-25-17)5-7-19(28)20-8-9-21(23)30-20/h4,6,8-9,12,15H,5,7,10-11,13H2,1-3H3. The summed E-state index contributed by atoms with van der Waals surface area (Å²) >= 11 is 7.25. The van der Waals surface area contributed by atoms with Crippen LogP contribution in [0.15, 0.2) is 40.5 Å². The van der Waals surface area contributed by atoms with E-state index in [1.54, 1.807) is 12.1 Å². The average molecular weight is 445 g/mol. The number of nitrogens with zero attached hydrogens (tertiary/aromatic N) is 4. The summed E-state index contributed by atoms with van der Waals surface area (Å²) in [4.78, 5) is 27.6. The number of hydrogen-bond acceptors (Lipinski definition) is 7. The summed E-state index contributed by atoms with van der Waals surface area (Å²) in [6.07, 6.45) is 1.67. The van der Waals surface area contributed by atoms with Crippen LogP contribution in [0.1, 0.15) is 40.1 Å². The van der Waals surface area contributed by atoms with Crippen LogP contribution in [0, 0.1) is 0 Å². The van der Waals surface area contributed by atoms with Crippen molar-refractivity contribution in [3.05, 3.63) is 50.7 Å². The molecule has 0 radical (unpaired) electrons. The molecule has 30 heavy (non-hydrogen) atoms. The Labute approximate surface area is 185 Å². The van der Waals surface area contributed by atoms with E-state index in [9.17, 15) is 4.79 Å². The van der Waals surface area contributed by atoms with Crippen LogP contribution < -0.4 is 4.90 Å². The number of oxime groups is 1. The predicted molar refractivity (Wildman–Crippen MR) is 124 cm³/mol. The molecular formula is C22H25ClN4O2S. The van der Waals surface area contributed by atoms with Crippen molar-refractivity contribution in [2.24, 2.45) is 10.1 Å². The van der Waals surface area contributed by atoms with Crippen molar-refractivity contribution in [2.75, 3.05) is 39.1 Å². The average Bonchev–Trinajstić information content (AvgIpc) is 3.47. The largest absolute Gasteiger partial charge is 0.392 e. The summed E-state index contributed by atoms with van der Waals surface area (Å²) in [6.45, 7) is 1.79. The minimum atomic E-state index is -0.0839. The van der Waals surface area contributed by atoms with Crippen molar-refractivity contribution in [1.29, 1.82) is 0 Å². The number of benzene rings is 1. The summed E-state index contributed by atoms with van der Waals surface area (Å²) in [5, 5.41) is 4.35. The first kappa shape index (κ1) is 20.9. The molecule has 0 saturated carbocycles. The molecule has 0 N–H and O–H groups in total. The Morgan fingerprint density at radius 2 is 2.17 bits per heavy atom. The van der Waals surface area contributed by atoms with Crippen molar-refractivity contribution < 1.29 is 9.63 Å². The van der Waals surface area contributed by atoms with E-state index >= 15 is 0 Å². The summed E-state index contributed by atoms with van der Waals surface area (Å²) in [6, 6.07) is 9.90. The fraction of sp³-hybridized carbons (Fsp3) is 0.409. The molecule has 6 nitrogen and oxygen atoms in total. The lowest BCUT2D eigenvalue weighted by molar-refractivity contribution is 0.0720. The zero-order valence-electron chi connectivity index (χ0n) is 17.4. The maximum atomic E-state index is 12.3. The van der Waals surface area contributed by atoms with Gasteiger partial charge in [0.1, 0.15) is 11.9 Å². The second-order valence-corrected chi connectivity index (χ2v) is 9.50. The molecule has 2 aliphatic heterocycles. The quantitative estimate of drug-likeness (QED) is 0.597. The van der Waals surface area contributed by atoms with Gasteiger partial charge in [-0.15, -0.1) is 11.3 Å². The van der Waals surface area contributed by atoms with Crippen LogP contribution in [0.4, 0.5) is 5.69 Å². The van der Waals surface area contributed by atoms with Gasteiger partial charge in [0.2, 0.25) is 0 Å². The van der Waals surface area contributed by atoms with E-state index in [-0.39, 0.29) is 11.9 Å². The van der Waals surface area contributed by atoms with Crippen molar-refractivity contribution in [3.63, 3.8) is 0 Å². The van der Waals surface area contributed by atoms with E-state index in [1.807, 2.05) is 14.1 Å². The van der Waals surface area contributed by atoms with E-state index in [0.717, 1.165) is 41.5 Å². The lowest BCUT2D eigenvalue weighted by Gasteiger charge is -2.20. The molecule has 1 unspecified atom stereocenters. The molecule has 0 spiro atoms. The number of aliphatic imine (C=N–C) groups is 1. The van der Waals surface area contributed by atoms with Crippen LogP contribution in [0.2, 0.25) is 4.34 Å². The number of hydrogen-bond donors (Lipinski definition) is 0. The van der Waals surface area contributed by atoms with Gasteiger partial charge in [-0.2, -0.15) is 0 Å². The van der Waals surface area contributed by atoms with Crippen molar-refractivity contribution in [2.45, 2.75) is 25.4 Å². The van der Waals surface area contributed by atoms with E-state index < -0.39 is 0 Å². The molecule has 1 aromatic carbocycles. The molecule has 4 rings (SSSR count). The molecule has 0 saturated heterocycles. The second-order valence-electron chi connectivity index (χ2n) is 7.79. The normalized spacial score (nSPS) is 18.3. The second kappa shape index (κ2) is 8.78. The summed E-state index contributed by atoms with van der Waals surface area (Å²) in [7, 11) is 6.13. The molecule has 2 aromatic rings. The lowest BCUT2D eigenvalue weighted by atomic mass is 9.98. The number of anilines is 1. The summed E-state index contributed by atoms with van der Waals surface area (Å²) in [5.41, 5.74) is 4.17. The zero-order valence-corrected chi connectivity index (χ0v) is 19.0. The highest BCUT2D eigenvalue weighted by Crippen LogP contribution is 2.29. The molecular weight excluding hydrogens is 420 g/mol. The SMILES string of the molecule is CN1CCN=C1c1ccc(C2=NOC(CCC(=O)c3ccc(Cl)s3)C2)c(N(C)C)c1. The molecule has 2 aliphatic rings. The highest BCUT2D eigenvalue weighted by atomic mass is 35.5. The van der Waals surface area contributed by atoms with Gasteiger partial charge in [-0.25, -0.2) is 0 Å². The van der Waals surface area contributed by atoms with Crippen LogP contribution in [-0.2, 0) is 4.84 Å². The minimum absolute atomic E-state index is 0.0839. The molecule has 0 fully saturated rings. The zero-order chi connectivity index (χ0) is 21.3.